The van der Waals surface area contributed by atoms with Gasteiger partial charge in [-0.15, -0.1) is 0 Å². The number of likely N-dealkylation sites (tertiary alicyclic amines) is 1. The average Bonchev–Trinajstić information content (AvgIpc) is 2.66. The number of carbonyl (C=O) groups is 2. The molecule has 0 aliphatic carbocycles. The van der Waals surface area contributed by atoms with Gasteiger partial charge in [-0.2, -0.15) is 0 Å². The Morgan fingerprint density at radius 2 is 1.96 bits per heavy atom. The van der Waals surface area contributed by atoms with Crippen molar-refractivity contribution < 1.29 is 14.3 Å². The van der Waals surface area contributed by atoms with Crippen LogP contribution >= 0.6 is 0 Å². The first-order valence-corrected chi connectivity index (χ1v) is 9.99. The number of likely N-dealkylation sites (N-methyl/N-ethyl adjacent to an activating group) is 1. The summed E-state index contributed by atoms with van der Waals surface area (Å²) in [4.78, 5) is 28.5. The van der Waals surface area contributed by atoms with Crippen molar-refractivity contribution in [3.05, 3.63) is 29.8 Å². The first kappa shape index (κ1) is 22.2. The molecule has 156 valence electrons. The number of carbonyl (C=O) groups excluding carboxylic acids is 2. The molecular formula is C21H34N4O3. The molecule has 1 heterocycles. The lowest BCUT2D eigenvalue weighted by Crippen LogP contribution is -2.49. The quantitative estimate of drug-likeness (QED) is 0.664. The smallest absolute Gasteiger partial charge is 0.234 e. The number of rotatable bonds is 9. The van der Waals surface area contributed by atoms with Gasteiger partial charge in [0, 0.05) is 31.7 Å². The molecule has 1 fully saturated rings. The molecule has 0 atom stereocenters. The number of piperidine rings is 1. The molecule has 2 N–H and O–H groups in total. The SMILES string of the molecule is COc1cccc(CNC(=O)CN2CCC(N(C)CC(=O)NC(C)C)CC2)c1. The van der Waals surface area contributed by atoms with Crippen LogP contribution in [0.25, 0.3) is 0 Å². The second-order valence-corrected chi connectivity index (χ2v) is 7.77. The summed E-state index contributed by atoms with van der Waals surface area (Å²) in [7, 11) is 3.64. The molecule has 1 aromatic rings. The van der Waals surface area contributed by atoms with Crippen molar-refractivity contribution in [2.24, 2.45) is 0 Å². The van der Waals surface area contributed by atoms with Crippen molar-refractivity contribution in [1.82, 2.24) is 20.4 Å². The fourth-order valence-electron chi connectivity index (χ4n) is 3.48. The molecule has 0 aromatic heterocycles. The molecule has 1 saturated heterocycles. The third-order valence-corrected chi connectivity index (χ3v) is 5.01. The molecule has 0 spiro atoms. The van der Waals surface area contributed by atoms with Gasteiger partial charge < -0.3 is 15.4 Å². The highest BCUT2D eigenvalue weighted by Gasteiger charge is 2.24. The molecule has 1 aliphatic rings. The van der Waals surface area contributed by atoms with Gasteiger partial charge in [-0.1, -0.05) is 12.1 Å². The number of amides is 2. The minimum absolute atomic E-state index is 0.0333. The Morgan fingerprint density at radius 3 is 2.61 bits per heavy atom. The second-order valence-electron chi connectivity index (χ2n) is 7.77. The highest BCUT2D eigenvalue weighted by atomic mass is 16.5. The highest BCUT2D eigenvalue weighted by Crippen LogP contribution is 2.15. The van der Waals surface area contributed by atoms with E-state index in [9.17, 15) is 9.59 Å². The zero-order valence-electron chi connectivity index (χ0n) is 17.5. The van der Waals surface area contributed by atoms with E-state index in [-0.39, 0.29) is 17.9 Å². The topological polar surface area (TPSA) is 73.9 Å². The predicted octanol–water partition coefficient (Wildman–Crippen LogP) is 1.23. The summed E-state index contributed by atoms with van der Waals surface area (Å²) in [6.07, 6.45) is 1.93. The summed E-state index contributed by atoms with van der Waals surface area (Å²) in [5.74, 6) is 0.891. The summed E-state index contributed by atoms with van der Waals surface area (Å²) in [6.45, 7) is 7.00. The molecular weight excluding hydrogens is 356 g/mol. The number of methoxy groups -OCH3 is 1. The Kier molecular flexibility index (Phi) is 8.73. The molecule has 2 rings (SSSR count). The maximum absolute atomic E-state index is 12.3. The lowest BCUT2D eigenvalue weighted by Gasteiger charge is -2.36. The monoisotopic (exact) mass is 390 g/mol. The maximum atomic E-state index is 12.3. The van der Waals surface area contributed by atoms with Gasteiger partial charge in [0.25, 0.3) is 0 Å². The zero-order chi connectivity index (χ0) is 20.5. The summed E-state index contributed by atoms with van der Waals surface area (Å²) < 4.78 is 5.21. The Balaban J connectivity index is 1.68. The van der Waals surface area contributed by atoms with Crippen LogP contribution in [0.3, 0.4) is 0 Å². The molecule has 7 heteroatoms. The normalized spacial score (nSPS) is 15.6. The lowest BCUT2D eigenvalue weighted by molar-refractivity contribution is -0.123. The van der Waals surface area contributed by atoms with Crippen molar-refractivity contribution in [3.8, 4) is 5.75 Å². The van der Waals surface area contributed by atoms with Crippen LogP contribution in [-0.2, 0) is 16.1 Å². The Hall–Kier alpha value is -2.12. The van der Waals surface area contributed by atoms with Gasteiger partial charge >= 0.3 is 0 Å². The van der Waals surface area contributed by atoms with Gasteiger partial charge in [0.2, 0.25) is 11.8 Å². The molecule has 7 nitrogen and oxygen atoms in total. The van der Waals surface area contributed by atoms with E-state index in [1.807, 2.05) is 45.2 Å². The molecule has 0 saturated carbocycles. The van der Waals surface area contributed by atoms with Crippen LogP contribution in [0.15, 0.2) is 24.3 Å². The largest absolute Gasteiger partial charge is 0.497 e. The van der Waals surface area contributed by atoms with E-state index in [0.717, 1.165) is 37.2 Å². The number of benzene rings is 1. The third-order valence-electron chi connectivity index (χ3n) is 5.01. The van der Waals surface area contributed by atoms with Gasteiger partial charge in [0.15, 0.2) is 0 Å². The van der Waals surface area contributed by atoms with Crippen LogP contribution in [0.2, 0.25) is 0 Å². The van der Waals surface area contributed by atoms with Crippen molar-refractivity contribution in [2.75, 3.05) is 40.3 Å². The maximum Gasteiger partial charge on any atom is 0.234 e. The molecule has 0 radical (unpaired) electrons. The fourth-order valence-corrected chi connectivity index (χ4v) is 3.48. The molecule has 0 bridgehead atoms. The van der Waals surface area contributed by atoms with Crippen molar-refractivity contribution >= 4 is 11.8 Å². The Morgan fingerprint density at radius 1 is 1.25 bits per heavy atom. The van der Waals surface area contributed by atoms with E-state index >= 15 is 0 Å². The summed E-state index contributed by atoms with van der Waals surface area (Å²) in [6, 6.07) is 8.26. The second kappa shape index (κ2) is 11.0. The Bertz CT molecular complexity index is 642. The summed E-state index contributed by atoms with van der Waals surface area (Å²) >= 11 is 0. The summed E-state index contributed by atoms with van der Waals surface area (Å²) in [5.41, 5.74) is 1.02. The fraction of sp³-hybridized carbons (Fsp3) is 0.619. The first-order valence-electron chi connectivity index (χ1n) is 9.99. The number of nitrogens with zero attached hydrogens (tertiary/aromatic N) is 2. The minimum Gasteiger partial charge on any atom is -0.497 e. The van der Waals surface area contributed by atoms with Crippen LogP contribution in [0, 0.1) is 0 Å². The third kappa shape index (κ3) is 7.48. The number of hydrogen-bond donors (Lipinski definition) is 2. The lowest BCUT2D eigenvalue weighted by atomic mass is 10.0. The number of ether oxygens (including phenoxy) is 1. The van der Waals surface area contributed by atoms with Crippen molar-refractivity contribution in [2.45, 2.75) is 45.3 Å². The molecule has 1 aromatic carbocycles. The zero-order valence-corrected chi connectivity index (χ0v) is 17.5. The van der Waals surface area contributed by atoms with Crippen molar-refractivity contribution in [1.29, 1.82) is 0 Å². The van der Waals surface area contributed by atoms with Crippen LogP contribution < -0.4 is 15.4 Å². The first-order chi connectivity index (χ1) is 13.4. The van der Waals surface area contributed by atoms with E-state index in [2.05, 4.69) is 20.4 Å². The molecule has 1 aliphatic heterocycles. The van der Waals surface area contributed by atoms with Gasteiger partial charge in [-0.25, -0.2) is 0 Å². The van der Waals surface area contributed by atoms with Gasteiger partial charge in [-0.3, -0.25) is 19.4 Å². The number of nitrogens with one attached hydrogen (secondary N) is 2. The van der Waals surface area contributed by atoms with E-state index < -0.39 is 0 Å². The average molecular weight is 391 g/mol. The molecule has 0 unspecified atom stereocenters. The summed E-state index contributed by atoms with van der Waals surface area (Å²) in [5, 5.41) is 5.91. The van der Waals surface area contributed by atoms with E-state index in [0.29, 0.717) is 25.7 Å². The van der Waals surface area contributed by atoms with E-state index in [1.54, 1.807) is 7.11 Å². The molecule has 2 amide bonds. The van der Waals surface area contributed by atoms with Gasteiger partial charge in [0.1, 0.15) is 5.75 Å². The Labute approximate surface area is 168 Å². The van der Waals surface area contributed by atoms with Gasteiger partial charge in [-0.05, 0) is 51.4 Å². The van der Waals surface area contributed by atoms with E-state index in [1.165, 1.54) is 0 Å². The van der Waals surface area contributed by atoms with Crippen LogP contribution in [0.4, 0.5) is 0 Å². The van der Waals surface area contributed by atoms with Gasteiger partial charge in [0.05, 0.1) is 20.2 Å². The van der Waals surface area contributed by atoms with Crippen LogP contribution in [0.5, 0.6) is 5.75 Å². The minimum atomic E-state index is 0.0333. The van der Waals surface area contributed by atoms with Crippen LogP contribution in [-0.4, -0.2) is 74.0 Å². The van der Waals surface area contributed by atoms with Crippen molar-refractivity contribution in [3.63, 3.8) is 0 Å². The van der Waals surface area contributed by atoms with E-state index in [4.69, 9.17) is 4.74 Å². The van der Waals surface area contributed by atoms with Crippen LogP contribution in [0.1, 0.15) is 32.3 Å². The molecule has 28 heavy (non-hydrogen) atoms. The standard InChI is InChI=1S/C21H34N4O3/c1-16(2)23-21(27)14-24(3)18-8-10-25(11-9-18)15-20(26)22-13-17-6-5-7-19(12-17)28-4/h5-7,12,16,18H,8-11,13-15H2,1-4H3,(H,22,26)(H,23,27). The number of hydrogen-bond acceptors (Lipinski definition) is 5. The highest BCUT2D eigenvalue weighted by molar-refractivity contribution is 5.78. The predicted molar refractivity (Wildman–Crippen MR) is 110 cm³/mol.